The second-order valence-electron chi connectivity index (χ2n) is 18.6. The summed E-state index contributed by atoms with van der Waals surface area (Å²) in [6.07, 6.45) is 22.3. The fourth-order valence-corrected chi connectivity index (χ4v) is 13.9. The molecular formula is C40H62O4. The summed E-state index contributed by atoms with van der Waals surface area (Å²) >= 11 is 0. The largest absolute Gasteiger partial charge is 0.390 e. The highest BCUT2D eigenvalue weighted by Crippen LogP contribution is 2.64. The van der Waals surface area contributed by atoms with Gasteiger partial charge in [0.05, 0.1) is 11.2 Å². The molecule has 0 heterocycles. The average Bonchev–Trinajstić information content (AvgIpc) is 3.43. The van der Waals surface area contributed by atoms with E-state index in [4.69, 9.17) is 0 Å². The molecule has 0 amide bonds. The first-order valence-corrected chi connectivity index (χ1v) is 19.0. The molecule has 7 saturated carbocycles. The predicted octanol–water partition coefficient (Wildman–Crippen LogP) is 8.33. The maximum atomic E-state index is 12.7. The van der Waals surface area contributed by atoms with Crippen molar-refractivity contribution in [2.75, 3.05) is 0 Å². The maximum Gasteiger partial charge on any atom is 0.161 e. The van der Waals surface area contributed by atoms with Crippen LogP contribution < -0.4 is 0 Å². The highest BCUT2D eigenvalue weighted by molar-refractivity contribution is 5.97. The molecule has 2 N–H and O–H groups in total. The Morgan fingerprint density at radius 1 is 0.659 bits per heavy atom. The Hall–Kier alpha value is -1.00. The van der Waals surface area contributed by atoms with Gasteiger partial charge in [-0.2, -0.15) is 0 Å². The summed E-state index contributed by atoms with van der Waals surface area (Å²) in [6, 6.07) is 0. The van der Waals surface area contributed by atoms with E-state index in [1.807, 2.05) is 19.9 Å². The van der Waals surface area contributed by atoms with Gasteiger partial charge in [-0.05, 0) is 175 Å². The molecule has 4 nitrogen and oxygen atoms in total. The molecule has 0 spiro atoms. The number of Topliss-reactive ketones (excluding diaryl/α,β-unsaturated/α-hetero) is 1. The van der Waals surface area contributed by atoms with E-state index in [1.165, 1.54) is 57.8 Å². The first-order valence-electron chi connectivity index (χ1n) is 19.0. The molecule has 0 radical (unpaired) electrons. The van der Waals surface area contributed by atoms with E-state index in [0.29, 0.717) is 29.3 Å². The van der Waals surface area contributed by atoms with Crippen LogP contribution in [-0.4, -0.2) is 33.0 Å². The SMILES string of the molecule is CC[C@@H]1CC(=O)[C@@]2(C)CC[C@H]3[C@@H](CC[C@@H]4C[C@](C)(O)CC[C@@H]43)[C@H]12.C[C@@]1(O)CC[C@H]2[C@H](CC[C@@H]3[C@@H]2CC[C@]2(C)C(=O)C=C[C@@H]32)C1. The van der Waals surface area contributed by atoms with Gasteiger partial charge >= 0.3 is 0 Å². The smallest absolute Gasteiger partial charge is 0.161 e. The van der Waals surface area contributed by atoms with Crippen molar-refractivity contribution in [3.63, 3.8) is 0 Å². The van der Waals surface area contributed by atoms with Crippen LogP contribution in [0, 0.1) is 75.9 Å². The number of ketones is 2. The van der Waals surface area contributed by atoms with Crippen LogP contribution in [0.4, 0.5) is 0 Å². The topological polar surface area (TPSA) is 74.6 Å². The first-order chi connectivity index (χ1) is 20.8. The van der Waals surface area contributed by atoms with Gasteiger partial charge < -0.3 is 10.2 Å². The number of aliphatic hydroxyl groups is 2. The van der Waals surface area contributed by atoms with Gasteiger partial charge in [-0.15, -0.1) is 0 Å². The summed E-state index contributed by atoms with van der Waals surface area (Å²) in [7, 11) is 0. The monoisotopic (exact) mass is 606 g/mol. The summed E-state index contributed by atoms with van der Waals surface area (Å²) in [5, 5.41) is 20.9. The summed E-state index contributed by atoms with van der Waals surface area (Å²) < 4.78 is 0. The summed E-state index contributed by atoms with van der Waals surface area (Å²) in [4.78, 5) is 25.0. The van der Waals surface area contributed by atoms with E-state index in [2.05, 4.69) is 26.8 Å². The molecule has 4 heteroatoms. The molecule has 246 valence electrons. The van der Waals surface area contributed by atoms with Crippen molar-refractivity contribution in [1.82, 2.24) is 0 Å². The lowest BCUT2D eigenvalue weighted by atomic mass is 9.49. The molecule has 44 heavy (non-hydrogen) atoms. The van der Waals surface area contributed by atoms with E-state index in [-0.39, 0.29) is 10.8 Å². The normalized spacial score (nSPS) is 55.8. The molecule has 0 aromatic rings. The van der Waals surface area contributed by atoms with Crippen molar-refractivity contribution in [2.45, 2.75) is 149 Å². The lowest BCUT2D eigenvalue weighted by molar-refractivity contribution is -0.136. The van der Waals surface area contributed by atoms with Crippen molar-refractivity contribution in [3.05, 3.63) is 12.2 Å². The van der Waals surface area contributed by atoms with Crippen LogP contribution in [0.3, 0.4) is 0 Å². The summed E-state index contributed by atoms with van der Waals surface area (Å²) in [5.41, 5.74) is -0.949. The van der Waals surface area contributed by atoms with Crippen LogP contribution in [0.25, 0.3) is 0 Å². The zero-order chi connectivity index (χ0) is 31.2. The Kier molecular flexibility index (Phi) is 7.92. The number of hydrogen-bond acceptors (Lipinski definition) is 4. The minimum Gasteiger partial charge on any atom is -0.390 e. The molecule has 8 rings (SSSR count). The number of carbonyl (C=O) groups excluding carboxylic acids is 2. The van der Waals surface area contributed by atoms with Gasteiger partial charge in [0.25, 0.3) is 0 Å². The van der Waals surface area contributed by atoms with Crippen molar-refractivity contribution in [1.29, 1.82) is 0 Å². The molecule has 8 aliphatic carbocycles. The fourth-order valence-electron chi connectivity index (χ4n) is 13.9. The van der Waals surface area contributed by atoms with Crippen LogP contribution in [-0.2, 0) is 9.59 Å². The Bertz CT molecular complexity index is 1170. The first kappa shape index (κ1) is 31.6. The van der Waals surface area contributed by atoms with E-state index < -0.39 is 11.2 Å². The second-order valence-corrected chi connectivity index (χ2v) is 18.6. The number of allylic oxidation sites excluding steroid dienone is 2. The lowest BCUT2D eigenvalue weighted by Gasteiger charge is -2.56. The Balaban J connectivity index is 0.000000143. The van der Waals surface area contributed by atoms with Crippen LogP contribution in [0.2, 0.25) is 0 Å². The fraction of sp³-hybridized carbons (Fsp3) is 0.900. The third-order valence-corrected chi connectivity index (χ3v) is 16.1. The summed E-state index contributed by atoms with van der Waals surface area (Å²) in [5.74, 6) is 8.96. The van der Waals surface area contributed by atoms with Crippen molar-refractivity contribution >= 4 is 11.6 Å². The molecule has 15 atom stereocenters. The molecular weight excluding hydrogens is 544 g/mol. The zero-order valence-corrected chi connectivity index (χ0v) is 28.5. The third-order valence-electron chi connectivity index (χ3n) is 16.1. The van der Waals surface area contributed by atoms with Gasteiger partial charge in [0.15, 0.2) is 5.78 Å². The number of hydrogen-bond donors (Lipinski definition) is 2. The summed E-state index contributed by atoms with van der Waals surface area (Å²) in [6.45, 7) is 10.8. The number of fused-ring (bicyclic) bond motifs is 10. The quantitative estimate of drug-likeness (QED) is 0.315. The van der Waals surface area contributed by atoms with Gasteiger partial charge in [-0.1, -0.05) is 33.3 Å². The maximum absolute atomic E-state index is 12.7. The predicted molar refractivity (Wildman–Crippen MR) is 175 cm³/mol. The highest BCUT2D eigenvalue weighted by Gasteiger charge is 2.60. The van der Waals surface area contributed by atoms with Crippen molar-refractivity contribution in [2.24, 2.45) is 75.9 Å². The average molecular weight is 607 g/mol. The lowest BCUT2D eigenvalue weighted by Crippen LogP contribution is -2.51. The molecule has 8 aliphatic rings. The van der Waals surface area contributed by atoms with E-state index in [9.17, 15) is 19.8 Å². The Labute approximate surface area is 267 Å². The van der Waals surface area contributed by atoms with Crippen molar-refractivity contribution in [3.8, 4) is 0 Å². The highest BCUT2D eigenvalue weighted by atomic mass is 16.3. The van der Waals surface area contributed by atoms with Gasteiger partial charge in [0.2, 0.25) is 0 Å². The molecule has 0 saturated heterocycles. The molecule has 7 fully saturated rings. The standard InChI is InChI=1S/C21H34O2.C19H28O2/c1-4-13-11-18(22)21(3)10-8-16-15-7-9-20(2,23)12-14(15)5-6-17(16)19(13)21;1-18(21)9-7-13-12(11-18)3-4-15-14(13)8-10-19(2)16(15)5-6-17(19)20/h13-17,19,23H,4-12H2,1-3H3;5-6,12-16,21H,3-4,7-11H2,1-2H3/t13-,14-,15+,16-,17-,19+,20-,21-;12-,13+,14-,15-,16+,18-,19+/m11/s1. The Morgan fingerprint density at radius 3 is 1.77 bits per heavy atom. The number of rotatable bonds is 1. The van der Waals surface area contributed by atoms with Gasteiger partial charge in [-0.3, -0.25) is 9.59 Å². The van der Waals surface area contributed by atoms with Gasteiger partial charge in [0, 0.05) is 17.3 Å². The van der Waals surface area contributed by atoms with Crippen molar-refractivity contribution < 1.29 is 19.8 Å². The number of carbonyl (C=O) groups is 2. The van der Waals surface area contributed by atoms with Crippen LogP contribution >= 0.6 is 0 Å². The Morgan fingerprint density at radius 2 is 1.18 bits per heavy atom. The molecule has 0 aromatic carbocycles. The van der Waals surface area contributed by atoms with Gasteiger partial charge in [0.1, 0.15) is 5.78 Å². The van der Waals surface area contributed by atoms with Crippen LogP contribution in [0.15, 0.2) is 12.2 Å². The van der Waals surface area contributed by atoms with Crippen LogP contribution in [0.5, 0.6) is 0 Å². The molecule has 0 bridgehead atoms. The van der Waals surface area contributed by atoms with Gasteiger partial charge in [-0.25, -0.2) is 0 Å². The van der Waals surface area contributed by atoms with E-state index in [1.54, 1.807) is 0 Å². The van der Waals surface area contributed by atoms with E-state index in [0.717, 1.165) is 92.3 Å². The minimum atomic E-state index is -0.430. The molecule has 0 aliphatic heterocycles. The van der Waals surface area contributed by atoms with Crippen LogP contribution in [0.1, 0.15) is 137 Å². The van der Waals surface area contributed by atoms with E-state index >= 15 is 0 Å². The zero-order valence-electron chi connectivity index (χ0n) is 28.5. The molecule has 0 aromatic heterocycles. The second kappa shape index (κ2) is 11.0. The minimum absolute atomic E-state index is 0.00512. The molecule has 0 unspecified atom stereocenters. The third kappa shape index (κ3) is 5.05.